The fraction of sp³-hybridized carbons (Fsp3) is 0.882. The van der Waals surface area contributed by atoms with Crippen LogP contribution in [0.1, 0.15) is 187 Å². The van der Waals surface area contributed by atoms with Crippen LogP contribution in [-0.2, 0) is 14.3 Å². The molecule has 4 heteroatoms. The van der Waals surface area contributed by atoms with Gasteiger partial charge in [0.15, 0.2) is 0 Å². The summed E-state index contributed by atoms with van der Waals surface area (Å²) in [6.45, 7) is 4.51. The van der Waals surface area contributed by atoms with Crippen molar-refractivity contribution in [1.29, 1.82) is 0 Å². The van der Waals surface area contributed by atoms with Crippen LogP contribution in [-0.4, -0.2) is 23.1 Å². The Morgan fingerprint density at radius 2 is 0.947 bits per heavy atom. The van der Waals surface area contributed by atoms with Gasteiger partial charge in [0.25, 0.3) is 0 Å². The van der Waals surface area contributed by atoms with Gasteiger partial charge in [-0.3, -0.25) is 9.59 Å². The minimum Gasteiger partial charge on any atom is -0.481 e. The minimum atomic E-state index is -0.702. The molecule has 0 aromatic carbocycles. The molecule has 38 heavy (non-hydrogen) atoms. The van der Waals surface area contributed by atoms with Gasteiger partial charge in [-0.1, -0.05) is 122 Å². The summed E-state index contributed by atoms with van der Waals surface area (Å²) in [7, 11) is 0. The molecule has 0 aromatic heterocycles. The van der Waals surface area contributed by atoms with E-state index in [1.54, 1.807) is 0 Å². The van der Waals surface area contributed by atoms with Crippen LogP contribution < -0.4 is 0 Å². The number of carboxylic acid groups (broad SMARTS) is 1. The van der Waals surface area contributed by atoms with Crippen LogP contribution in [0, 0.1) is 0 Å². The summed E-state index contributed by atoms with van der Waals surface area (Å²) in [5, 5.41) is 8.75. The number of carbonyl (C=O) groups excluding carboxylic acids is 1. The molecule has 0 saturated heterocycles. The summed E-state index contributed by atoms with van der Waals surface area (Å²) in [5.41, 5.74) is 0. The summed E-state index contributed by atoms with van der Waals surface area (Å²) in [6.07, 6.45) is 35.1. The van der Waals surface area contributed by atoms with Crippen molar-refractivity contribution in [3.8, 4) is 0 Å². The van der Waals surface area contributed by atoms with Crippen molar-refractivity contribution < 1.29 is 19.4 Å². The lowest BCUT2D eigenvalue weighted by Crippen LogP contribution is -2.18. The molecule has 1 unspecified atom stereocenters. The number of carbonyl (C=O) groups is 2. The van der Waals surface area contributed by atoms with Gasteiger partial charge in [0, 0.05) is 12.8 Å². The van der Waals surface area contributed by atoms with Crippen molar-refractivity contribution in [1.82, 2.24) is 0 Å². The Hall–Kier alpha value is -1.32. The Balaban J connectivity index is 3.94. The fourth-order valence-electron chi connectivity index (χ4n) is 5.00. The molecule has 0 aliphatic rings. The van der Waals surface area contributed by atoms with Crippen molar-refractivity contribution in [3.63, 3.8) is 0 Å². The van der Waals surface area contributed by atoms with E-state index in [4.69, 9.17) is 9.84 Å². The Morgan fingerprint density at radius 3 is 1.42 bits per heavy atom. The zero-order valence-electron chi connectivity index (χ0n) is 25.5. The maximum atomic E-state index is 12.5. The molecular formula is C34H64O4. The summed E-state index contributed by atoms with van der Waals surface area (Å²) >= 11 is 0. The summed E-state index contributed by atoms with van der Waals surface area (Å²) in [6, 6.07) is 0. The number of unbranched alkanes of at least 4 members (excludes halogenated alkanes) is 19. The maximum Gasteiger partial charge on any atom is 0.306 e. The first-order chi connectivity index (χ1) is 18.6. The summed E-state index contributed by atoms with van der Waals surface area (Å²) in [4.78, 5) is 23.1. The third kappa shape index (κ3) is 29.2. The van der Waals surface area contributed by atoms with Gasteiger partial charge in [0.05, 0.1) is 0 Å². The Kier molecular flexibility index (Phi) is 29.2. The summed E-state index contributed by atoms with van der Waals surface area (Å²) in [5.74, 6) is -0.712. The molecule has 224 valence electrons. The molecule has 0 bridgehead atoms. The molecule has 4 nitrogen and oxygen atoms in total. The molecule has 0 amide bonds. The second-order valence-corrected chi connectivity index (χ2v) is 11.3. The van der Waals surface area contributed by atoms with E-state index in [-0.39, 0.29) is 18.5 Å². The molecule has 0 heterocycles. The number of hydrogen-bond acceptors (Lipinski definition) is 3. The maximum absolute atomic E-state index is 12.5. The zero-order chi connectivity index (χ0) is 27.9. The normalized spacial score (nSPS) is 12.3. The molecule has 0 fully saturated rings. The smallest absolute Gasteiger partial charge is 0.306 e. The quantitative estimate of drug-likeness (QED) is 0.0563. The standard InChI is InChI=1S/C34H64O4/c1-3-5-7-9-11-12-13-14-15-16-17-18-23-27-31-34(37)38-32(28-24-20-10-8-6-4-2)29-25-21-19-22-26-30-33(35)36/h13-14,32H,3-12,15-31H2,1-2H3,(H,35,36)/b14-13-. The van der Waals surface area contributed by atoms with E-state index in [9.17, 15) is 9.59 Å². The van der Waals surface area contributed by atoms with Crippen molar-refractivity contribution in [2.24, 2.45) is 0 Å². The van der Waals surface area contributed by atoms with Crippen molar-refractivity contribution >= 4 is 11.9 Å². The van der Waals surface area contributed by atoms with Gasteiger partial charge >= 0.3 is 11.9 Å². The van der Waals surface area contributed by atoms with Crippen molar-refractivity contribution in [3.05, 3.63) is 12.2 Å². The Labute approximate surface area is 236 Å². The van der Waals surface area contributed by atoms with Gasteiger partial charge < -0.3 is 9.84 Å². The molecule has 0 rings (SSSR count). The first kappa shape index (κ1) is 36.7. The highest BCUT2D eigenvalue weighted by Gasteiger charge is 2.14. The lowest BCUT2D eigenvalue weighted by Gasteiger charge is -2.18. The predicted octanol–water partition coefficient (Wildman–Crippen LogP) is 11.1. The molecular weight excluding hydrogens is 472 g/mol. The Bertz CT molecular complexity index is 543. The van der Waals surface area contributed by atoms with Gasteiger partial charge in [-0.25, -0.2) is 0 Å². The largest absolute Gasteiger partial charge is 0.481 e. The third-order valence-electron chi connectivity index (χ3n) is 7.49. The highest BCUT2D eigenvalue weighted by atomic mass is 16.5. The highest BCUT2D eigenvalue weighted by molar-refractivity contribution is 5.69. The number of allylic oxidation sites excluding steroid dienone is 2. The molecule has 0 aliphatic carbocycles. The van der Waals surface area contributed by atoms with Crippen LogP contribution in [0.3, 0.4) is 0 Å². The average Bonchev–Trinajstić information content (AvgIpc) is 2.89. The van der Waals surface area contributed by atoms with E-state index >= 15 is 0 Å². The number of ether oxygens (including phenoxy) is 1. The van der Waals surface area contributed by atoms with E-state index < -0.39 is 5.97 Å². The van der Waals surface area contributed by atoms with E-state index in [1.165, 1.54) is 96.3 Å². The predicted molar refractivity (Wildman–Crippen MR) is 163 cm³/mol. The summed E-state index contributed by atoms with van der Waals surface area (Å²) < 4.78 is 5.93. The van der Waals surface area contributed by atoms with Crippen LogP contribution in [0.2, 0.25) is 0 Å². The topological polar surface area (TPSA) is 63.6 Å². The van der Waals surface area contributed by atoms with Crippen LogP contribution in [0.4, 0.5) is 0 Å². The minimum absolute atomic E-state index is 0.00990. The second-order valence-electron chi connectivity index (χ2n) is 11.3. The zero-order valence-corrected chi connectivity index (χ0v) is 25.5. The Morgan fingerprint density at radius 1 is 0.553 bits per heavy atom. The first-order valence-electron chi connectivity index (χ1n) is 16.7. The van der Waals surface area contributed by atoms with Crippen molar-refractivity contribution in [2.45, 2.75) is 193 Å². The van der Waals surface area contributed by atoms with Crippen LogP contribution in [0.15, 0.2) is 12.2 Å². The van der Waals surface area contributed by atoms with Crippen molar-refractivity contribution in [2.75, 3.05) is 0 Å². The van der Waals surface area contributed by atoms with Gasteiger partial charge in [0.1, 0.15) is 6.10 Å². The molecule has 1 atom stereocenters. The van der Waals surface area contributed by atoms with E-state index in [2.05, 4.69) is 26.0 Å². The monoisotopic (exact) mass is 536 g/mol. The SMILES string of the molecule is CCCCCCC/C=C\CCCCCCCC(=O)OC(CCCCCCCC)CCCCCCCC(=O)O. The van der Waals surface area contributed by atoms with Gasteiger partial charge in [0.2, 0.25) is 0 Å². The van der Waals surface area contributed by atoms with Crippen LogP contribution in [0.5, 0.6) is 0 Å². The molecule has 0 spiro atoms. The fourth-order valence-corrected chi connectivity index (χ4v) is 5.00. The molecule has 0 saturated carbocycles. The molecule has 0 radical (unpaired) electrons. The van der Waals surface area contributed by atoms with E-state index in [0.29, 0.717) is 6.42 Å². The first-order valence-corrected chi connectivity index (χ1v) is 16.7. The second kappa shape index (κ2) is 30.2. The average molecular weight is 537 g/mol. The lowest BCUT2D eigenvalue weighted by atomic mass is 10.0. The number of aliphatic carboxylic acids is 1. The van der Waals surface area contributed by atoms with Crippen LogP contribution in [0.25, 0.3) is 0 Å². The number of esters is 1. The number of hydrogen-bond donors (Lipinski definition) is 1. The van der Waals surface area contributed by atoms with E-state index in [1.807, 2.05) is 0 Å². The molecule has 0 aromatic rings. The number of carboxylic acids is 1. The van der Waals surface area contributed by atoms with Gasteiger partial charge in [-0.2, -0.15) is 0 Å². The molecule has 0 aliphatic heterocycles. The molecule has 1 N–H and O–H groups in total. The van der Waals surface area contributed by atoms with Crippen LogP contribution >= 0.6 is 0 Å². The van der Waals surface area contributed by atoms with Gasteiger partial charge in [-0.05, 0) is 64.2 Å². The van der Waals surface area contributed by atoms with Gasteiger partial charge in [-0.15, -0.1) is 0 Å². The third-order valence-corrected chi connectivity index (χ3v) is 7.49. The number of rotatable bonds is 30. The van der Waals surface area contributed by atoms with E-state index in [0.717, 1.165) is 64.2 Å². The lowest BCUT2D eigenvalue weighted by molar-refractivity contribution is -0.150. The highest BCUT2D eigenvalue weighted by Crippen LogP contribution is 2.18.